The van der Waals surface area contributed by atoms with Gasteiger partial charge in [0, 0.05) is 21.3 Å². The topological polar surface area (TPSA) is 0 Å². The highest BCUT2D eigenvalue weighted by atomic mass is 33.1. The monoisotopic (exact) mass is 324 g/mol. The molecule has 100 valence electrons. The lowest BCUT2D eigenvalue weighted by molar-refractivity contribution is 1.13. The van der Waals surface area contributed by atoms with E-state index in [1.807, 2.05) is 43.2 Å². The van der Waals surface area contributed by atoms with Crippen molar-refractivity contribution in [1.29, 1.82) is 0 Å². The smallest absolute Gasteiger partial charge is 0.0182 e. The minimum absolute atomic E-state index is 1.21. The van der Waals surface area contributed by atoms with Gasteiger partial charge in [-0.25, -0.2) is 0 Å². The van der Waals surface area contributed by atoms with E-state index in [0.29, 0.717) is 0 Å². The van der Waals surface area contributed by atoms with E-state index in [0.717, 1.165) is 0 Å². The van der Waals surface area contributed by atoms with Crippen LogP contribution in [0.3, 0.4) is 0 Å². The van der Waals surface area contributed by atoms with Crippen molar-refractivity contribution in [2.24, 2.45) is 0 Å². The van der Waals surface area contributed by atoms with Crippen molar-refractivity contribution >= 4 is 43.2 Å². The molecule has 0 nitrogen and oxygen atoms in total. The first-order chi connectivity index (χ1) is 9.45. The molecule has 0 unspecified atom stereocenters. The van der Waals surface area contributed by atoms with Crippen LogP contribution >= 0.6 is 43.2 Å². The van der Waals surface area contributed by atoms with E-state index in [4.69, 9.17) is 0 Å². The van der Waals surface area contributed by atoms with Crippen molar-refractivity contribution in [2.45, 2.75) is 16.2 Å². The van der Waals surface area contributed by atoms with Crippen LogP contribution in [0.25, 0.3) is 0 Å². The second kappa shape index (κ2) is 9.70. The Hall–Kier alpha value is -0.160. The Morgan fingerprint density at radius 3 is 1.42 bits per heavy atom. The zero-order valence-corrected chi connectivity index (χ0v) is 13.8. The summed E-state index contributed by atoms with van der Waals surface area (Å²) in [6.45, 7) is 0. The Bertz CT molecular complexity index is 401. The third-order valence-corrected chi connectivity index (χ3v) is 7.19. The quantitative estimate of drug-likeness (QED) is 0.415. The first-order valence-electron chi connectivity index (χ1n) is 6.14. The van der Waals surface area contributed by atoms with Crippen LogP contribution in [-0.4, -0.2) is 11.5 Å². The fourth-order valence-corrected chi connectivity index (χ4v) is 5.72. The van der Waals surface area contributed by atoms with Crippen molar-refractivity contribution in [3.8, 4) is 0 Å². The Morgan fingerprint density at radius 1 is 0.579 bits per heavy atom. The molecule has 0 saturated carbocycles. The van der Waals surface area contributed by atoms with Gasteiger partial charge in [-0.15, -0.1) is 0 Å². The lowest BCUT2D eigenvalue weighted by Crippen LogP contribution is -1.80. The normalized spacial score (nSPS) is 10.5. The zero-order chi connectivity index (χ0) is 13.2. The molecule has 2 rings (SSSR count). The van der Waals surface area contributed by atoms with Crippen LogP contribution in [0, 0.1) is 0 Å². The Balaban J connectivity index is 1.49. The van der Waals surface area contributed by atoms with Crippen LogP contribution in [0.2, 0.25) is 0 Å². The second-order valence-corrected chi connectivity index (χ2v) is 8.77. The van der Waals surface area contributed by atoms with Crippen molar-refractivity contribution in [1.82, 2.24) is 0 Å². The molecule has 0 saturated heterocycles. The van der Waals surface area contributed by atoms with Gasteiger partial charge < -0.3 is 0 Å². The Labute approximate surface area is 131 Å². The van der Waals surface area contributed by atoms with Gasteiger partial charge in [0.05, 0.1) is 0 Å². The number of hydrogen-bond donors (Lipinski definition) is 0. The van der Waals surface area contributed by atoms with Crippen LogP contribution in [0.5, 0.6) is 0 Å². The molecule has 0 radical (unpaired) electrons. The molecule has 19 heavy (non-hydrogen) atoms. The summed E-state index contributed by atoms with van der Waals surface area (Å²) in [5.74, 6) is 2.42. The van der Waals surface area contributed by atoms with Crippen LogP contribution < -0.4 is 0 Å². The van der Waals surface area contributed by atoms with E-state index in [9.17, 15) is 0 Å². The van der Waals surface area contributed by atoms with Gasteiger partial charge in [-0.05, 0) is 30.7 Å². The molecule has 0 bridgehead atoms. The van der Waals surface area contributed by atoms with Gasteiger partial charge in [-0.1, -0.05) is 79.6 Å². The number of hydrogen-bond acceptors (Lipinski definition) is 4. The zero-order valence-electron chi connectivity index (χ0n) is 10.5. The maximum absolute atomic E-state index is 2.16. The lowest BCUT2D eigenvalue weighted by Gasteiger charge is -2.02. The van der Waals surface area contributed by atoms with Gasteiger partial charge in [0.15, 0.2) is 0 Å². The van der Waals surface area contributed by atoms with E-state index in [1.54, 1.807) is 0 Å². The molecule has 4 heteroatoms. The summed E-state index contributed by atoms with van der Waals surface area (Å²) in [7, 11) is 7.64. The minimum Gasteiger partial charge on any atom is -0.0889 e. The maximum Gasteiger partial charge on any atom is 0.0182 e. The van der Waals surface area contributed by atoms with Gasteiger partial charge in [0.1, 0.15) is 0 Å². The van der Waals surface area contributed by atoms with E-state index in [-0.39, 0.29) is 0 Å². The summed E-state index contributed by atoms with van der Waals surface area (Å²) in [6.07, 6.45) is 1.26. The minimum atomic E-state index is 1.21. The largest absolute Gasteiger partial charge is 0.0889 e. The molecule has 2 aromatic carbocycles. The summed E-state index contributed by atoms with van der Waals surface area (Å²) in [5, 5.41) is 0. The lowest BCUT2D eigenvalue weighted by atomic mass is 10.4. The Morgan fingerprint density at radius 2 is 1.00 bits per heavy atom. The molecule has 0 aromatic heterocycles. The highest BCUT2D eigenvalue weighted by Gasteiger charge is 1.96. The average molecular weight is 325 g/mol. The molecular weight excluding hydrogens is 308 g/mol. The van der Waals surface area contributed by atoms with Crippen LogP contribution in [-0.2, 0) is 0 Å². The second-order valence-electron chi connectivity index (χ2n) is 3.79. The van der Waals surface area contributed by atoms with Crippen molar-refractivity contribution < 1.29 is 0 Å². The number of rotatable bonds is 8. The van der Waals surface area contributed by atoms with E-state index < -0.39 is 0 Å². The third-order valence-electron chi connectivity index (χ3n) is 2.25. The molecule has 0 atom stereocenters. The molecule has 0 aliphatic carbocycles. The van der Waals surface area contributed by atoms with Gasteiger partial charge in [0.2, 0.25) is 0 Å². The third kappa shape index (κ3) is 6.70. The van der Waals surface area contributed by atoms with Crippen LogP contribution in [0.4, 0.5) is 0 Å². The fraction of sp³-hybridized carbons (Fsp3) is 0.200. The standard InChI is InChI=1S/C15H16S4/c1-3-8-14(9-4-1)18-16-12-7-13-17-19-15-10-5-2-6-11-15/h1-6,8-11H,7,12-13H2. The van der Waals surface area contributed by atoms with E-state index >= 15 is 0 Å². The summed E-state index contributed by atoms with van der Waals surface area (Å²) in [4.78, 5) is 2.69. The fourth-order valence-electron chi connectivity index (χ4n) is 1.35. The van der Waals surface area contributed by atoms with E-state index in [1.165, 1.54) is 27.7 Å². The van der Waals surface area contributed by atoms with Crippen LogP contribution in [0.15, 0.2) is 70.5 Å². The average Bonchev–Trinajstić information content (AvgIpc) is 2.48. The molecule has 0 amide bonds. The first kappa shape index (κ1) is 15.2. The SMILES string of the molecule is c1ccc(SSCCCSSc2ccccc2)cc1. The molecule has 2 aromatic rings. The predicted molar refractivity (Wildman–Crippen MR) is 94.1 cm³/mol. The highest BCUT2D eigenvalue weighted by Crippen LogP contribution is 2.34. The maximum atomic E-state index is 2.16. The molecule has 0 spiro atoms. The van der Waals surface area contributed by atoms with Gasteiger partial charge >= 0.3 is 0 Å². The van der Waals surface area contributed by atoms with Crippen molar-refractivity contribution in [2.75, 3.05) is 11.5 Å². The number of benzene rings is 2. The van der Waals surface area contributed by atoms with E-state index in [2.05, 4.69) is 60.7 Å². The van der Waals surface area contributed by atoms with Gasteiger partial charge in [-0.2, -0.15) is 0 Å². The van der Waals surface area contributed by atoms with Gasteiger partial charge in [0.25, 0.3) is 0 Å². The summed E-state index contributed by atoms with van der Waals surface area (Å²) in [6, 6.07) is 21.2. The molecule has 0 heterocycles. The first-order valence-corrected chi connectivity index (χ1v) is 10.8. The molecule has 0 aliphatic heterocycles. The molecular formula is C15H16S4. The molecule has 0 aliphatic rings. The highest BCUT2D eigenvalue weighted by molar-refractivity contribution is 8.77. The van der Waals surface area contributed by atoms with Crippen LogP contribution in [0.1, 0.15) is 6.42 Å². The van der Waals surface area contributed by atoms with Gasteiger partial charge in [-0.3, -0.25) is 0 Å². The molecule has 0 fully saturated rings. The van der Waals surface area contributed by atoms with Crippen molar-refractivity contribution in [3.05, 3.63) is 60.7 Å². The molecule has 0 N–H and O–H groups in total. The summed E-state index contributed by atoms with van der Waals surface area (Å²) < 4.78 is 0. The van der Waals surface area contributed by atoms with Crippen molar-refractivity contribution in [3.63, 3.8) is 0 Å². The summed E-state index contributed by atoms with van der Waals surface area (Å²) in [5.41, 5.74) is 0. The summed E-state index contributed by atoms with van der Waals surface area (Å²) >= 11 is 0. The predicted octanol–water partition coefficient (Wildman–Crippen LogP) is 6.26. The Kier molecular flexibility index (Phi) is 7.78.